The van der Waals surface area contributed by atoms with Crippen molar-refractivity contribution in [1.82, 2.24) is 0 Å². The molecule has 1 aromatic heterocycles. The maximum atomic E-state index is 13.7. The van der Waals surface area contributed by atoms with Gasteiger partial charge >= 0.3 is 5.97 Å². The first-order valence-electron chi connectivity index (χ1n) is 7.45. The topological polar surface area (TPSA) is 55.4 Å². The third-order valence-corrected chi connectivity index (χ3v) is 4.54. The average Bonchev–Trinajstić information content (AvgIpc) is 2.98. The normalized spacial score (nSPS) is 10.7. The lowest BCUT2D eigenvalue weighted by Gasteiger charge is -2.07. The molecule has 0 bridgehead atoms. The van der Waals surface area contributed by atoms with E-state index in [2.05, 4.69) is 5.32 Å². The highest BCUT2D eigenvalue weighted by atomic mass is 32.1. The molecule has 128 valence electrons. The van der Waals surface area contributed by atoms with Crippen LogP contribution in [0.15, 0.2) is 42.5 Å². The van der Waals surface area contributed by atoms with Gasteiger partial charge in [-0.3, -0.25) is 4.79 Å². The first kappa shape index (κ1) is 17.0. The van der Waals surface area contributed by atoms with E-state index in [1.165, 1.54) is 17.4 Å². The summed E-state index contributed by atoms with van der Waals surface area (Å²) in [5, 5.41) is 3.19. The number of halogens is 2. The van der Waals surface area contributed by atoms with Crippen LogP contribution >= 0.6 is 11.3 Å². The summed E-state index contributed by atoms with van der Waals surface area (Å²) in [5.41, 5.74) is -0.270. The molecule has 4 nitrogen and oxygen atoms in total. The first-order valence-corrected chi connectivity index (χ1v) is 8.27. The Morgan fingerprint density at radius 3 is 2.52 bits per heavy atom. The van der Waals surface area contributed by atoms with Gasteiger partial charge in [-0.1, -0.05) is 6.07 Å². The van der Waals surface area contributed by atoms with Crippen LogP contribution in [0.1, 0.15) is 27.0 Å². The molecular formula is C18H13F2NO3S. The number of hydrogen-bond acceptors (Lipinski definition) is 4. The van der Waals surface area contributed by atoms with Gasteiger partial charge in [0.05, 0.1) is 6.61 Å². The van der Waals surface area contributed by atoms with Crippen molar-refractivity contribution in [2.75, 3.05) is 11.9 Å². The van der Waals surface area contributed by atoms with Gasteiger partial charge in [0.15, 0.2) is 0 Å². The first-order chi connectivity index (χ1) is 12.0. The number of anilines is 1. The Labute approximate surface area is 146 Å². The van der Waals surface area contributed by atoms with Crippen LogP contribution in [0.3, 0.4) is 0 Å². The van der Waals surface area contributed by atoms with Gasteiger partial charge < -0.3 is 10.1 Å². The lowest BCUT2D eigenvalue weighted by molar-refractivity contribution is 0.0532. The second-order valence-electron chi connectivity index (χ2n) is 5.13. The zero-order valence-electron chi connectivity index (χ0n) is 13.1. The Morgan fingerprint density at radius 2 is 1.84 bits per heavy atom. The zero-order valence-corrected chi connectivity index (χ0v) is 14.0. The van der Waals surface area contributed by atoms with E-state index in [1.54, 1.807) is 31.2 Å². The van der Waals surface area contributed by atoms with Crippen LogP contribution in [-0.4, -0.2) is 18.5 Å². The maximum absolute atomic E-state index is 13.7. The monoisotopic (exact) mass is 361 g/mol. The Balaban J connectivity index is 1.87. The molecule has 0 fully saturated rings. The van der Waals surface area contributed by atoms with E-state index in [0.29, 0.717) is 10.6 Å². The molecule has 1 heterocycles. The van der Waals surface area contributed by atoms with Crippen LogP contribution < -0.4 is 5.32 Å². The largest absolute Gasteiger partial charge is 0.462 e. The lowest BCUT2D eigenvalue weighted by Crippen LogP contribution is -2.15. The highest BCUT2D eigenvalue weighted by Gasteiger charge is 2.17. The molecule has 0 aliphatic heterocycles. The summed E-state index contributed by atoms with van der Waals surface area (Å²) in [6, 6.07) is 9.83. The predicted molar refractivity (Wildman–Crippen MR) is 92.1 cm³/mol. The summed E-state index contributed by atoms with van der Waals surface area (Å²) in [6.07, 6.45) is 0. The molecule has 0 radical (unpaired) electrons. The highest BCUT2D eigenvalue weighted by Crippen LogP contribution is 2.29. The summed E-state index contributed by atoms with van der Waals surface area (Å²) < 4.78 is 33.1. The molecule has 0 unspecified atom stereocenters. The fourth-order valence-electron chi connectivity index (χ4n) is 2.33. The number of thiophene rings is 1. The van der Waals surface area contributed by atoms with E-state index < -0.39 is 29.1 Å². The van der Waals surface area contributed by atoms with Gasteiger partial charge in [0.25, 0.3) is 5.91 Å². The minimum Gasteiger partial charge on any atom is -0.462 e. The Morgan fingerprint density at radius 1 is 1.12 bits per heavy atom. The predicted octanol–water partition coefficient (Wildman–Crippen LogP) is 4.61. The summed E-state index contributed by atoms with van der Waals surface area (Å²) >= 11 is 1.27. The number of amides is 1. The molecule has 2 aromatic carbocycles. The minimum absolute atomic E-state index is 0.280. The zero-order chi connectivity index (χ0) is 18.0. The number of fused-ring (bicyclic) bond motifs is 1. The molecule has 0 aliphatic carbocycles. The lowest BCUT2D eigenvalue weighted by atomic mass is 10.1. The number of benzene rings is 2. The van der Waals surface area contributed by atoms with Crippen LogP contribution in [0.5, 0.6) is 0 Å². The molecule has 0 saturated carbocycles. The van der Waals surface area contributed by atoms with Gasteiger partial charge in [-0.25, -0.2) is 13.6 Å². The Bertz CT molecular complexity index is 948. The quantitative estimate of drug-likeness (QED) is 0.691. The summed E-state index contributed by atoms with van der Waals surface area (Å²) in [7, 11) is 0. The standard InChI is InChI=1S/C18H13F2NO3S/c1-2-24-18(23)15-9-10-8-11(6-7-14(10)25-15)21-17(22)16-12(19)4-3-5-13(16)20/h3-9H,2H2,1H3,(H,21,22). The molecule has 0 spiro atoms. The van der Waals surface area contributed by atoms with Gasteiger partial charge in [-0.2, -0.15) is 0 Å². The molecule has 7 heteroatoms. The molecule has 0 aliphatic rings. The molecule has 25 heavy (non-hydrogen) atoms. The van der Waals surface area contributed by atoms with Crippen molar-refractivity contribution in [3.63, 3.8) is 0 Å². The van der Waals surface area contributed by atoms with Gasteiger partial charge in [-0.05, 0) is 48.7 Å². The van der Waals surface area contributed by atoms with Crippen LogP contribution in [0.2, 0.25) is 0 Å². The van der Waals surface area contributed by atoms with Crippen molar-refractivity contribution in [2.45, 2.75) is 6.92 Å². The molecule has 0 atom stereocenters. The number of nitrogens with one attached hydrogen (secondary N) is 1. The number of esters is 1. The summed E-state index contributed by atoms with van der Waals surface area (Å²) in [6.45, 7) is 2.00. The van der Waals surface area contributed by atoms with Crippen molar-refractivity contribution in [3.05, 3.63) is 64.5 Å². The van der Waals surface area contributed by atoms with Crippen LogP contribution in [0.4, 0.5) is 14.5 Å². The van der Waals surface area contributed by atoms with Gasteiger partial charge in [0.2, 0.25) is 0 Å². The third-order valence-electron chi connectivity index (χ3n) is 3.44. The molecule has 3 rings (SSSR count). The molecule has 3 aromatic rings. The van der Waals surface area contributed by atoms with Crippen molar-refractivity contribution in [3.8, 4) is 0 Å². The summed E-state index contributed by atoms with van der Waals surface area (Å²) in [4.78, 5) is 24.3. The molecule has 0 saturated heterocycles. The Hall–Kier alpha value is -2.80. The Kier molecular flexibility index (Phi) is 4.76. The molecule has 1 amide bonds. The van der Waals surface area contributed by atoms with Gasteiger partial charge in [0.1, 0.15) is 22.1 Å². The number of carbonyl (C=O) groups is 2. The number of ether oxygens (including phenoxy) is 1. The fraction of sp³-hybridized carbons (Fsp3) is 0.111. The van der Waals surface area contributed by atoms with E-state index in [9.17, 15) is 18.4 Å². The van der Waals surface area contributed by atoms with E-state index in [0.717, 1.165) is 22.2 Å². The molecular weight excluding hydrogens is 348 g/mol. The van der Waals surface area contributed by atoms with E-state index in [4.69, 9.17) is 4.74 Å². The van der Waals surface area contributed by atoms with Crippen molar-refractivity contribution < 1.29 is 23.1 Å². The molecule has 1 N–H and O–H groups in total. The van der Waals surface area contributed by atoms with Crippen LogP contribution in [0, 0.1) is 11.6 Å². The van der Waals surface area contributed by atoms with Crippen LogP contribution in [-0.2, 0) is 4.74 Å². The minimum atomic E-state index is -0.932. The van der Waals surface area contributed by atoms with Crippen molar-refractivity contribution >= 4 is 39.0 Å². The van der Waals surface area contributed by atoms with Crippen molar-refractivity contribution in [1.29, 1.82) is 0 Å². The third kappa shape index (κ3) is 3.51. The fourth-order valence-corrected chi connectivity index (χ4v) is 3.27. The summed E-state index contributed by atoms with van der Waals surface area (Å²) in [5.74, 6) is -3.16. The number of rotatable bonds is 4. The highest BCUT2D eigenvalue weighted by molar-refractivity contribution is 7.20. The van der Waals surface area contributed by atoms with Crippen molar-refractivity contribution in [2.24, 2.45) is 0 Å². The van der Waals surface area contributed by atoms with E-state index in [1.807, 2.05) is 0 Å². The number of carbonyl (C=O) groups excluding carboxylic acids is 2. The van der Waals surface area contributed by atoms with E-state index in [-0.39, 0.29) is 6.61 Å². The smallest absolute Gasteiger partial charge is 0.348 e. The van der Waals surface area contributed by atoms with E-state index >= 15 is 0 Å². The average molecular weight is 361 g/mol. The van der Waals surface area contributed by atoms with Crippen LogP contribution in [0.25, 0.3) is 10.1 Å². The van der Waals surface area contributed by atoms with Gasteiger partial charge in [-0.15, -0.1) is 11.3 Å². The second-order valence-corrected chi connectivity index (χ2v) is 6.22. The number of hydrogen-bond donors (Lipinski definition) is 1. The SMILES string of the molecule is CCOC(=O)c1cc2cc(NC(=O)c3c(F)cccc3F)ccc2s1. The van der Waals surface area contributed by atoms with Gasteiger partial charge in [0, 0.05) is 10.4 Å². The second kappa shape index (κ2) is 6.98. The maximum Gasteiger partial charge on any atom is 0.348 e.